The Morgan fingerprint density at radius 1 is 0.649 bits per heavy atom. The van der Waals surface area contributed by atoms with E-state index in [0.717, 1.165) is 20.0 Å². The number of esters is 1. The van der Waals surface area contributed by atoms with Gasteiger partial charge in [0.15, 0.2) is 17.5 Å². The number of amides is 1. The fraction of sp³-hybridized carbons (Fsp3) is 0.667. The molecular formula is C24H35F4NO8. The molecule has 0 fully saturated rings. The van der Waals surface area contributed by atoms with Crippen molar-refractivity contribution in [1.29, 1.82) is 0 Å². The van der Waals surface area contributed by atoms with Gasteiger partial charge in [-0.3, -0.25) is 9.59 Å². The molecule has 1 rings (SSSR count). The Bertz CT molecular complexity index is 799. The first kappa shape index (κ1) is 32.7. The molecule has 0 saturated heterocycles. The average molecular weight is 542 g/mol. The van der Waals surface area contributed by atoms with Crippen molar-refractivity contribution in [2.45, 2.75) is 33.1 Å². The van der Waals surface area contributed by atoms with E-state index in [1.54, 1.807) is 0 Å². The highest BCUT2D eigenvalue weighted by molar-refractivity contribution is 5.75. The van der Waals surface area contributed by atoms with Crippen LogP contribution in [-0.4, -0.2) is 84.5 Å². The fourth-order valence-electron chi connectivity index (χ4n) is 2.66. The molecule has 0 aliphatic rings. The second-order valence-corrected chi connectivity index (χ2v) is 7.60. The lowest BCUT2D eigenvalue weighted by Crippen LogP contribution is -2.28. The van der Waals surface area contributed by atoms with E-state index < -0.39 is 40.6 Å². The largest absolute Gasteiger partial charge is 0.420 e. The fourth-order valence-corrected chi connectivity index (χ4v) is 2.66. The zero-order valence-corrected chi connectivity index (χ0v) is 21.2. The summed E-state index contributed by atoms with van der Waals surface area (Å²) in [5.74, 6) is -9.63. The van der Waals surface area contributed by atoms with E-state index in [1.807, 2.05) is 6.92 Å². The van der Waals surface area contributed by atoms with E-state index in [0.29, 0.717) is 39.6 Å². The number of carbonyl (C=O) groups excluding carboxylic acids is 2. The van der Waals surface area contributed by atoms with E-state index in [2.05, 4.69) is 10.1 Å². The van der Waals surface area contributed by atoms with Crippen molar-refractivity contribution in [3.8, 4) is 5.75 Å². The average Bonchev–Trinajstić information content (AvgIpc) is 2.89. The Kier molecular flexibility index (Phi) is 17.5. The molecule has 0 unspecified atom stereocenters. The predicted octanol–water partition coefficient (Wildman–Crippen LogP) is 2.85. The number of carbonyl (C=O) groups is 2. The first-order valence-electron chi connectivity index (χ1n) is 12.0. The summed E-state index contributed by atoms with van der Waals surface area (Å²) in [6.45, 7) is 6.51. The summed E-state index contributed by atoms with van der Waals surface area (Å²) in [7, 11) is 0. The number of ether oxygens (including phenoxy) is 6. The van der Waals surface area contributed by atoms with E-state index in [1.165, 1.54) is 0 Å². The van der Waals surface area contributed by atoms with Gasteiger partial charge in [0.2, 0.25) is 17.5 Å². The molecule has 0 radical (unpaired) electrons. The van der Waals surface area contributed by atoms with Crippen molar-refractivity contribution in [3.63, 3.8) is 0 Å². The van der Waals surface area contributed by atoms with Crippen LogP contribution in [0, 0.1) is 30.2 Å². The number of benzene rings is 1. The Hall–Kier alpha value is -2.32. The Labute approximate surface area is 213 Å². The number of nitrogens with one attached hydrogen (secondary N) is 1. The minimum absolute atomic E-state index is 0.0859. The lowest BCUT2D eigenvalue weighted by atomic mass is 10.2. The van der Waals surface area contributed by atoms with Crippen LogP contribution in [0.2, 0.25) is 0 Å². The van der Waals surface area contributed by atoms with Gasteiger partial charge in [0.1, 0.15) is 0 Å². The van der Waals surface area contributed by atoms with Crippen molar-refractivity contribution in [2.24, 2.45) is 0 Å². The molecule has 0 atom stereocenters. The number of halogens is 4. The summed E-state index contributed by atoms with van der Waals surface area (Å²) >= 11 is 0. The van der Waals surface area contributed by atoms with Gasteiger partial charge in [-0.25, -0.2) is 13.2 Å². The Balaban J connectivity index is 1.98. The molecule has 212 valence electrons. The van der Waals surface area contributed by atoms with Gasteiger partial charge >= 0.3 is 5.97 Å². The predicted molar refractivity (Wildman–Crippen MR) is 123 cm³/mol. The maximum Gasteiger partial charge on any atom is 0.313 e. The van der Waals surface area contributed by atoms with Gasteiger partial charge in [0, 0.05) is 25.1 Å². The third kappa shape index (κ3) is 13.7. The topological polar surface area (TPSA) is 102 Å². The van der Waals surface area contributed by atoms with E-state index in [-0.39, 0.29) is 45.2 Å². The first-order valence-corrected chi connectivity index (χ1v) is 12.0. The lowest BCUT2D eigenvalue weighted by Gasteiger charge is -2.10. The maximum absolute atomic E-state index is 13.9. The molecule has 1 aromatic rings. The van der Waals surface area contributed by atoms with Crippen LogP contribution in [0.4, 0.5) is 17.6 Å². The number of hydrogen-bond acceptors (Lipinski definition) is 8. The molecular weight excluding hydrogens is 506 g/mol. The number of rotatable bonds is 21. The van der Waals surface area contributed by atoms with E-state index >= 15 is 0 Å². The van der Waals surface area contributed by atoms with Crippen molar-refractivity contribution < 1.29 is 55.6 Å². The highest BCUT2D eigenvalue weighted by Gasteiger charge is 2.26. The van der Waals surface area contributed by atoms with Crippen LogP contribution in [0.5, 0.6) is 5.75 Å². The van der Waals surface area contributed by atoms with Gasteiger partial charge in [-0.15, -0.1) is 0 Å². The van der Waals surface area contributed by atoms with E-state index in [4.69, 9.17) is 23.7 Å². The van der Waals surface area contributed by atoms with Gasteiger partial charge < -0.3 is 33.7 Å². The Morgan fingerprint density at radius 2 is 1.16 bits per heavy atom. The summed E-state index contributed by atoms with van der Waals surface area (Å²) in [4.78, 5) is 23.4. The molecule has 1 amide bonds. The molecule has 0 spiro atoms. The molecule has 0 aromatic heterocycles. The van der Waals surface area contributed by atoms with Crippen LogP contribution >= 0.6 is 0 Å². The minimum Gasteiger partial charge on any atom is -0.420 e. The third-order valence-corrected chi connectivity index (χ3v) is 4.62. The maximum atomic E-state index is 13.9. The van der Waals surface area contributed by atoms with Crippen LogP contribution in [-0.2, 0) is 33.3 Å². The Morgan fingerprint density at radius 3 is 1.76 bits per heavy atom. The molecule has 0 aliphatic carbocycles. The van der Waals surface area contributed by atoms with Crippen molar-refractivity contribution in [2.75, 3.05) is 72.6 Å². The van der Waals surface area contributed by atoms with Crippen LogP contribution in [0.25, 0.3) is 0 Å². The van der Waals surface area contributed by atoms with Crippen LogP contribution in [0.1, 0.15) is 31.7 Å². The standard InChI is InChI=1S/C24H35F4NO8/c1-3-7-32-11-15-36-16-14-35-10-6-29-18(30)4-8-33-12-13-34-9-5-19(31)37-24-21(26)17(2)20(25)22(27)23(24)28/h3-16H2,1-2H3,(H,29,30). The smallest absolute Gasteiger partial charge is 0.313 e. The van der Waals surface area contributed by atoms with Crippen LogP contribution < -0.4 is 10.1 Å². The SMILES string of the molecule is CCCOCCOCCOCCNC(=O)CCOCCOCCC(=O)Oc1c(F)c(C)c(F)c(F)c1F. The number of hydrogen-bond donors (Lipinski definition) is 1. The van der Waals surface area contributed by atoms with Gasteiger partial charge in [0.25, 0.3) is 0 Å². The lowest BCUT2D eigenvalue weighted by molar-refractivity contribution is -0.136. The third-order valence-electron chi connectivity index (χ3n) is 4.62. The molecule has 1 N–H and O–H groups in total. The highest BCUT2D eigenvalue weighted by atomic mass is 19.2. The van der Waals surface area contributed by atoms with Gasteiger partial charge in [-0.05, 0) is 13.3 Å². The second-order valence-electron chi connectivity index (χ2n) is 7.60. The first-order chi connectivity index (χ1) is 17.8. The summed E-state index contributed by atoms with van der Waals surface area (Å²) in [6, 6.07) is 0. The van der Waals surface area contributed by atoms with Crippen LogP contribution in [0.3, 0.4) is 0 Å². The summed E-state index contributed by atoms with van der Waals surface area (Å²) < 4.78 is 84.9. The van der Waals surface area contributed by atoms with Gasteiger partial charge in [-0.1, -0.05) is 6.92 Å². The molecule has 37 heavy (non-hydrogen) atoms. The van der Waals surface area contributed by atoms with Gasteiger partial charge in [-0.2, -0.15) is 4.39 Å². The zero-order valence-electron chi connectivity index (χ0n) is 21.2. The van der Waals surface area contributed by atoms with Crippen molar-refractivity contribution >= 4 is 11.9 Å². The minimum atomic E-state index is -1.93. The highest BCUT2D eigenvalue weighted by Crippen LogP contribution is 2.29. The molecule has 9 nitrogen and oxygen atoms in total. The molecule has 0 aliphatic heterocycles. The van der Waals surface area contributed by atoms with Crippen molar-refractivity contribution in [1.82, 2.24) is 5.32 Å². The molecule has 0 heterocycles. The van der Waals surface area contributed by atoms with E-state index in [9.17, 15) is 27.2 Å². The molecule has 0 saturated carbocycles. The van der Waals surface area contributed by atoms with Crippen molar-refractivity contribution in [3.05, 3.63) is 28.8 Å². The van der Waals surface area contributed by atoms with Gasteiger partial charge in [0.05, 0.1) is 65.9 Å². The molecule has 13 heteroatoms. The quantitative estimate of drug-likeness (QED) is 0.0634. The van der Waals surface area contributed by atoms with Crippen LogP contribution in [0.15, 0.2) is 0 Å². The zero-order chi connectivity index (χ0) is 27.5. The summed E-state index contributed by atoms with van der Waals surface area (Å²) in [5, 5.41) is 2.68. The monoisotopic (exact) mass is 541 g/mol. The summed E-state index contributed by atoms with van der Waals surface area (Å²) in [6.07, 6.45) is 0.719. The molecule has 0 bridgehead atoms. The molecule has 1 aromatic carbocycles. The second kappa shape index (κ2) is 19.7. The summed E-state index contributed by atoms with van der Waals surface area (Å²) in [5.41, 5.74) is -0.803. The normalized spacial score (nSPS) is 11.1.